The zero-order chi connectivity index (χ0) is 11.5. The third kappa shape index (κ3) is 4.16. The van der Waals surface area contributed by atoms with Crippen LogP contribution in [0.1, 0.15) is 26.7 Å². The topological polar surface area (TPSA) is 3.24 Å². The van der Waals surface area contributed by atoms with Gasteiger partial charge in [0.05, 0.1) is 9.07 Å². The Balaban J connectivity index is 2.48. The van der Waals surface area contributed by atoms with Crippen LogP contribution in [0.5, 0.6) is 0 Å². The van der Waals surface area contributed by atoms with Crippen molar-refractivity contribution in [3.05, 3.63) is 0 Å². The predicted octanol–water partition coefficient (Wildman–Crippen LogP) is 3.49. The normalized spacial score (nSPS) is 22.1. The van der Waals surface area contributed by atoms with E-state index in [4.69, 9.17) is 12.2 Å². The van der Waals surface area contributed by atoms with Crippen molar-refractivity contribution in [1.29, 1.82) is 0 Å². The fourth-order valence-corrected chi connectivity index (χ4v) is 5.15. The Morgan fingerprint density at radius 1 is 1.40 bits per heavy atom. The number of rotatable bonds is 3. The number of hydrogen-bond acceptors (Lipinski definition) is 3. The van der Waals surface area contributed by atoms with E-state index in [9.17, 15) is 0 Å². The van der Waals surface area contributed by atoms with Crippen LogP contribution in [0.2, 0.25) is 0 Å². The van der Waals surface area contributed by atoms with E-state index in [-0.39, 0.29) is 0 Å². The van der Waals surface area contributed by atoms with Crippen LogP contribution in [-0.2, 0) is 0 Å². The molecule has 1 aliphatic heterocycles. The average molecular weight is 263 g/mol. The molecule has 0 spiro atoms. The lowest BCUT2D eigenvalue weighted by Crippen LogP contribution is -2.32. The standard InChI is InChI=1S/C11H21NS3/c1-9(10(13)12(3)4)8-11(2)14-6-5-7-15-11/h9H,5-8H2,1-4H3. The fourth-order valence-electron chi connectivity index (χ4n) is 1.88. The molecule has 0 saturated carbocycles. The summed E-state index contributed by atoms with van der Waals surface area (Å²) in [4.78, 5) is 3.16. The van der Waals surface area contributed by atoms with Crippen LogP contribution >= 0.6 is 35.7 Å². The van der Waals surface area contributed by atoms with Crippen LogP contribution in [0, 0.1) is 5.92 Å². The number of thioether (sulfide) groups is 2. The molecule has 1 heterocycles. The Labute approximate surface area is 108 Å². The van der Waals surface area contributed by atoms with E-state index < -0.39 is 0 Å². The first-order chi connectivity index (χ1) is 6.94. The second-order valence-electron chi connectivity index (χ2n) is 4.52. The first-order valence-electron chi connectivity index (χ1n) is 5.44. The summed E-state index contributed by atoms with van der Waals surface area (Å²) in [5.41, 5.74) is 0. The van der Waals surface area contributed by atoms with Gasteiger partial charge in [-0.2, -0.15) is 0 Å². The average Bonchev–Trinajstić information content (AvgIpc) is 2.16. The SMILES string of the molecule is CC(CC1(C)SCCCS1)C(=S)N(C)C. The highest BCUT2D eigenvalue weighted by molar-refractivity contribution is 8.18. The maximum atomic E-state index is 5.43. The molecule has 1 saturated heterocycles. The van der Waals surface area contributed by atoms with Crippen LogP contribution in [0.25, 0.3) is 0 Å². The molecule has 0 aromatic carbocycles. The zero-order valence-electron chi connectivity index (χ0n) is 10.1. The number of thiocarbonyl (C=S) groups is 1. The number of hydrogen-bond donors (Lipinski definition) is 0. The highest BCUT2D eigenvalue weighted by atomic mass is 32.2. The van der Waals surface area contributed by atoms with Crippen molar-refractivity contribution < 1.29 is 0 Å². The van der Waals surface area contributed by atoms with E-state index in [0.717, 1.165) is 4.99 Å². The molecular weight excluding hydrogens is 242 g/mol. The van der Waals surface area contributed by atoms with Crippen molar-refractivity contribution in [2.24, 2.45) is 5.92 Å². The molecule has 4 heteroatoms. The molecule has 0 aromatic rings. The summed E-state index contributed by atoms with van der Waals surface area (Å²) >= 11 is 9.64. The summed E-state index contributed by atoms with van der Waals surface area (Å²) in [6, 6.07) is 0. The second-order valence-corrected chi connectivity index (χ2v) is 8.39. The van der Waals surface area contributed by atoms with Gasteiger partial charge < -0.3 is 4.90 Å². The Morgan fingerprint density at radius 2 is 1.93 bits per heavy atom. The van der Waals surface area contributed by atoms with Gasteiger partial charge in [-0.25, -0.2) is 0 Å². The maximum Gasteiger partial charge on any atom is 0.0803 e. The molecule has 88 valence electrons. The van der Waals surface area contributed by atoms with Crippen molar-refractivity contribution in [2.45, 2.75) is 30.8 Å². The minimum atomic E-state index is 0.387. The maximum absolute atomic E-state index is 5.43. The highest BCUT2D eigenvalue weighted by Crippen LogP contribution is 2.46. The van der Waals surface area contributed by atoms with Gasteiger partial charge in [0.15, 0.2) is 0 Å². The van der Waals surface area contributed by atoms with Crippen molar-refractivity contribution in [2.75, 3.05) is 25.6 Å². The molecule has 0 N–H and O–H groups in total. The van der Waals surface area contributed by atoms with Gasteiger partial charge in [-0.15, -0.1) is 23.5 Å². The lowest BCUT2D eigenvalue weighted by Gasteiger charge is -2.35. The molecule has 0 aliphatic carbocycles. The van der Waals surface area contributed by atoms with E-state index in [1.807, 2.05) is 14.1 Å². The molecule has 0 bridgehead atoms. The molecule has 1 fully saturated rings. The summed E-state index contributed by atoms with van der Waals surface area (Å²) in [5, 5.41) is 0. The number of nitrogens with zero attached hydrogens (tertiary/aromatic N) is 1. The first-order valence-corrected chi connectivity index (χ1v) is 7.82. The Kier molecular flexibility index (Phi) is 5.26. The fraction of sp³-hybridized carbons (Fsp3) is 0.909. The molecule has 1 aliphatic rings. The smallest absolute Gasteiger partial charge is 0.0803 e. The Bertz CT molecular complexity index is 222. The second kappa shape index (κ2) is 5.78. The lowest BCUT2D eigenvalue weighted by molar-refractivity contribution is 0.547. The van der Waals surface area contributed by atoms with Crippen molar-refractivity contribution in [3.63, 3.8) is 0 Å². The summed E-state index contributed by atoms with van der Waals surface area (Å²) < 4.78 is 0.387. The van der Waals surface area contributed by atoms with E-state index in [2.05, 4.69) is 42.3 Å². The molecule has 15 heavy (non-hydrogen) atoms. The van der Waals surface area contributed by atoms with Gasteiger partial charge in [-0.05, 0) is 31.3 Å². The molecule has 0 amide bonds. The zero-order valence-corrected chi connectivity index (χ0v) is 12.5. The molecule has 1 atom stereocenters. The Hall–Kier alpha value is 0.590. The van der Waals surface area contributed by atoms with Crippen molar-refractivity contribution >= 4 is 40.7 Å². The summed E-state index contributed by atoms with van der Waals surface area (Å²) in [6.45, 7) is 4.62. The lowest BCUT2D eigenvalue weighted by atomic mass is 10.1. The third-order valence-corrected chi connectivity index (χ3v) is 6.66. The van der Waals surface area contributed by atoms with Gasteiger partial charge in [0.25, 0.3) is 0 Å². The van der Waals surface area contributed by atoms with Crippen LogP contribution in [-0.4, -0.2) is 39.6 Å². The van der Waals surface area contributed by atoms with Gasteiger partial charge in [-0.3, -0.25) is 0 Å². The third-order valence-electron chi connectivity index (χ3n) is 2.64. The van der Waals surface area contributed by atoms with Gasteiger partial charge in [-0.1, -0.05) is 19.1 Å². The van der Waals surface area contributed by atoms with E-state index in [0.29, 0.717) is 10.00 Å². The van der Waals surface area contributed by atoms with Gasteiger partial charge in [0, 0.05) is 20.0 Å². The minimum absolute atomic E-state index is 0.387. The molecule has 1 rings (SSSR count). The van der Waals surface area contributed by atoms with Gasteiger partial charge >= 0.3 is 0 Å². The summed E-state index contributed by atoms with van der Waals surface area (Å²) in [7, 11) is 4.09. The summed E-state index contributed by atoms with van der Waals surface area (Å²) in [5.74, 6) is 3.13. The monoisotopic (exact) mass is 263 g/mol. The summed E-state index contributed by atoms with van der Waals surface area (Å²) in [6.07, 6.45) is 2.55. The van der Waals surface area contributed by atoms with Crippen LogP contribution in [0.3, 0.4) is 0 Å². The first kappa shape index (κ1) is 13.7. The largest absolute Gasteiger partial charge is 0.372 e. The van der Waals surface area contributed by atoms with Crippen LogP contribution in [0.15, 0.2) is 0 Å². The highest BCUT2D eigenvalue weighted by Gasteiger charge is 2.31. The van der Waals surface area contributed by atoms with Crippen LogP contribution < -0.4 is 0 Å². The minimum Gasteiger partial charge on any atom is -0.372 e. The van der Waals surface area contributed by atoms with Crippen molar-refractivity contribution in [3.8, 4) is 0 Å². The van der Waals surface area contributed by atoms with E-state index in [1.165, 1.54) is 24.3 Å². The van der Waals surface area contributed by atoms with Crippen LogP contribution in [0.4, 0.5) is 0 Å². The van der Waals surface area contributed by atoms with Gasteiger partial charge in [0.1, 0.15) is 0 Å². The van der Waals surface area contributed by atoms with E-state index >= 15 is 0 Å². The van der Waals surface area contributed by atoms with E-state index in [1.54, 1.807) is 0 Å². The Morgan fingerprint density at radius 3 is 2.40 bits per heavy atom. The van der Waals surface area contributed by atoms with Gasteiger partial charge in [0.2, 0.25) is 0 Å². The molecule has 0 radical (unpaired) electrons. The molecular formula is C11H21NS3. The molecule has 0 aromatic heterocycles. The quantitative estimate of drug-likeness (QED) is 0.717. The van der Waals surface area contributed by atoms with Crippen molar-refractivity contribution in [1.82, 2.24) is 4.90 Å². The molecule has 1 nitrogen and oxygen atoms in total. The molecule has 1 unspecified atom stereocenters. The predicted molar refractivity (Wildman–Crippen MR) is 78.0 cm³/mol.